The van der Waals surface area contributed by atoms with Gasteiger partial charge >= 0.3 is 6.03 Å². The molecule has 170 valence electrons. The van der Waals surface area contributed by atoms with E-state index in [1.807, 2.05) is 32.9 Å². The lowest BCUT2D eigenvalue weighted by Gasteiger charge is -2.46. The average Bonchev–Trinajstić information content (AvgIpc) is 2.70. The van der Waals surface area contributed by atoms with Gasteiger partial charge in [0.05, 0.1) is 30.4 Å². The van der Waals surface area contributed by atoms with E-state index < -0.39 is 0 Å². The molecule has 31 heavy (non-hydrogen) atoms. The summed E-state index contributed by atoms with van der Waals surface area (Å²) in [6.07, 6.45) is 1.39. The summed E-state index contributed by atoms with van der Waals surface area (Å²) < 4.78 is 11.9. The van der Waals surface area contributed by atoms with Gasteiger partial charge in [0.1, 0.15) is 5.75 Å². The van der Waals surface area contributed by atoms with Crippen molar-refractivity contribution in [2.75, 3.05) is 52.4 Å². The SMILES string of the molecule is CC(C)(C)NC(=O)NCCN1CC2CN(CCCOc3ccc(C#N)cc3)CC(C1)O2. The number of nitriles is 1. The van der Waals surface area contributed by atoms with Crippen LogP contribution < -0.4 is 15.4 Å². The van der Waals surface area contributed by atoms with Gasteiger partial charge in [0.15, 0.2) is 0 Å². The maximum Gasteiger partial charge on any atom is 0.315 e. The van der Waals surface area contributed by atoms with Crippen LogP contribution >= 0.6 is 0 Å². The average molecular weight is 430 g/mol. The number of benzene rings is 1. The van der Waals surface area contributed by atoms with E-state index in [1.54, 1.807) is 12.1 Å². The van der Waals surface area contributed by atoms with Crippen molar-refractivity contribution in [1.29, 1.82) is 5.26 Å². The van der Waals surface area contributed by atoms with Gasteiger partial charge in [0.2, 0.25) is 0 Å². The largest absolute Gasteiger partial charge is 0.494 e. The molecule has 0 spiro atoms. The summed E-state index contributed by atoms with van der Waals surface area (Å²) in [5.74, 6) is 0.804. The molecule has 3 rings (SSSR count). The zero-order valence-electron chi connectivity index (χ0n) is 18.9. The summed E-state index contributed by atoms with van der Waals surface area (Å²) in [6, 6.07) is 9.23. The standard InChI is InChI=1S/C23H35N5O3/c1-23(2,3)26-22(29)25-9-11-28-16-20-14-27(15-21(17-28)31-20)10-4-12-30-19-7-5-18(13-24)6-8-19/h5-8,20-21H,4,9-12,14-17H2,1-3H3,(H2,25,26,29). The van der Waals surface area contributed by atoms with Crippen molar-refractivity contribution >= 4 is 6.03 Å². The van der Waals surface area contributed by atoms with E-state index in [0.717, 1.165) is 51.4 Å². The summed E-state index contributed by atoms with van der Waals surface area (Å²) in [5.41, 5.74) is 0.418. The fourth-order valence-corrected chi connectivity index (χ4v) is 4.04. The molecule has 2 aliphatic heterocycles. The zero-order chi connectivity index (χ0) is 22.3. The molecule has 1 aromatic rings. The number of hydrogen-bond acceptors (Lipinski definition) is 6. The maximum absolute atomic E-state index is 11.9. The highest BCUT2D eigenvalue weighted by Crippen LogP contribution is 2.19. The van der Waals surface area contributed by atoms with E-state index in [9.17, 15) is 4.79 Å². The quantitative estimate of drug-likeness (QED) is 0.613. The highest BCUT2D eigenvalue weighted by molar-refractivity contribution is 5.74. The first-order valence-electron chi connectivity index (χ1n) is 11.1. The highest BCUT2D eigenvalue weighted by Gasteiger charge is 2.34. The van der Waals surface area contributed by atoms with Crippen LogP contribution in [0.1, 0.15) is 32.8 Å². The Hall–Kier alpha value is -2.34. The molecule has 0 radical (unpaired) electrons. The van der Waals surface area contributed by atoms with Crippen molar-refractivity contribution in [1.82, 2.24) is 20.4 Å². The molecule has 0 aromatic heterocycles. The molecule has 2 amide bonds. The molecular weight excluding hydrogens is 394 g/mol. The van der Waals surface area contributed by atoms with Crippen LogP contribution in [0, 0.1) is 11.3 Å². The molecule has 2 bridgehead atoms. The van der Waals surface area contributed by atoms with Crippen molar-refractivity contribution in [3.8, 4) is 11.8 Å². The van der Waals surface area contributed by atoms with E-state index in [1.165, 1.54) is 0 Å². The second kappa shape index (κ2) is 10.8. The lowest BCUT2D eigenvalue weighted by molar-refractivity contribution is -0.138. The predicted molar refractivity (Wildman–Crippen MR) is 119 cm³/mol. The Morgan fingerprint density at radius 2 is 1.74 bits per heavy atom. The van der Waals surface area contributed by atoms with Gasteiger partial charge < -0.3 is 20.1 Å². The third-order valence-corrected chi connectivity index (χ3v) is 5.31. The highest BCUT2D eigenvalue weighted by atomic mass is 16.5. The number of nitrogens with one attached hydrogen (secondary N) is 2. The summed E-state index contributed by atoms with van der Waals surface area (Å²) in [5, 5.41) is 14.7. The Balaban J connectivity index is 1.31. The van der Waals surface area contributed by atoms with E-state index in [4.69, 9.17) is 14.7 Å². The first-order chi connectivity index (χ1) is 14.8. The first-order valence-corrected chi connectivity index (χ1v) is 11.1. The molecule has 2 N–H and O–H groups in total. The van der Waals surface area contributed by atoms with Crippen LogP contribution in [-0.2, 0) is 4.74 Å². The van der Waals surface area contributed by atoms with Gasteiger partial charge in [-0.05, 0) is 51.5 Å². The van der Waals surface area contributed by atoms with Crippen LogP contribution in [-0.4, -0.2) is 86.0 Å². The van der Waals surface area contributed by atoms with Crippen LogP contribution in [0.2, 0.25) is 0 Å². The molecule has 8 nitrogen and oxygen atoms in total. The van der Waals surface area contributed by atoms with Crippen LogP contribution in [0.25, 0.3) is 0 Å². The van der Waals surface area contributed by atoms with E-state index >= 15 is 0 Å². The minimum Gasteiger partial charge on any atom is -0.494 e. The lowest BCUT2D eigenvalue weighted by atomic mass is 10.1. The maximum atomic E-state index is 11.9. The number of morpholine rings is 2. The van der Waals surface area contributed by atoms with Crippen molar-refractivity contribution in [2.45, 2.75) is 44.9 Å². The molecule has 0 aliphatic carbocycles. The van der Waals surface area contributed by atoms with Crippen molar-refractivity contribution in [3.63, 3.8) is 0 Å². The minimum absolute atomic E-state index is 0.115. The smallest absolute Gasteiger partial charge is 0.315 e. The number of nitrogens with zero attached hydrogens (tertiary/aromatic N) is 3. The molecule has 2 heterocycles. The molecule has 2 saturated heterocycles. The second-order valence-corrected chi connectivity index (χ2v) is 9.37. The lowest BCUT2D eigenvalue weighted by Crippen LogP contribution is -2.60. The van der Waals surface area contributed by atoms with Crippen LogP contribution in [0.5, 0.6) is 5.75 Å². The Bertz CT molecular complexity index is 742. The van der Waals surface area contributed by atoms with Crippen LogP contribution in [0.4, 0.5) is 4.79 Å². The van der Waals surface area contributed by atoms with E-state index in [0.29, 0.717) is 18.7 Å². The molecule has 2 atom stereocenters. The van der Waals surface area contributed by atoms with Crippen LogP contribution in [0.15, 0.2) is 24.3 Å². The molecule has 2 unspecified atom stereocenters. The Kier molecular flexibility index (Phi) is 8.13. The Morgan fingerprint density at radius 1 is 1.13 bits per heavy atom. The summed E-state index contributed by atoms with van der Waals surface area (Å²) >= 11 is 0. The van der Waals surface area contributed by atoms with Gasteiger partial charge in [-0.25, -0.2) is 4.79 Å². The van der Waals surface area contributed by atoms with Crippen molar-refractivity contribution in [2.24, 2.45) is 0 Å². The van der Waals surface area contributed by atoms with Gasteiger partial charge in [0, 0.05) is 51.4 Å². The van der Waals surface area contributed by atoms with Gasteiger partial charge in [-0.1, -0.05) is 0 Å². The molecule has 2 fully saturated rings. The topological polar surface area (TPSA) is 89.9 Å². The summed E-state index contributed by atoms with van der Waals surface area (Å²) in [6.45, 7) is 12.7. The third kappa shape index (κ3) is 8.02. The summed E-state index contributed by atoms with van der Waals surface area (Å²) in [4.78, 5) is 16.7. The van der Waals surface area contributed by atoms with Crippen molar-refractivity contribution < 1.29 is 14.3 Å². The number of urea groups is 1. The molecule has 2 aliphatic rings. The van der Waals surface area contributed by atoms with Gasteiger partial charge in [0.25, 0.3) is 0 Å². The molecule has 1 aromatic carbocycles. The fourth-order valence-electron chi connectivity index (χ4n) is 4.04. The predicted octanol–water partition coefficient (Wildman–Crippen LogP) is 1.81. The number of amides is 2. The first kappa shape index (κ1) is 23.3. The van der Waals surface area contributed by atoms with E-state index in [-0.39, 0.29) is 23.8 Å². The summed E-state index contributed by atoms with van der Waals surface area (Å²) in [7, 11) is 0. The third-order valence-electron chi connectivity index (χ3n) is 5.31. The van der Waals surface area contributed by atoms with Gasteiger partial charge in [-0.2, -0.15) is 5.26 Å². The molecule has 0 saturated carbocycles. The monoisotopic (exact) mass is 429 g/mol. The van der Waals surface area contributed by atoms with Crippen molar-refractivity contribution in [3.05, 3.63) is 29.8 Å². The number of ether oxygens (including phenoxy) is 2. The second-order valence-electron chi connectivity index (χ2n) is 9.37. The minimum atomic E-state index is -0.226. The fraction of sp³-hybridized carbons (Fsp3) is 0.652. The van der Waals surface area contributed by atoms with Gasteiger partial charge in [-0.3, -0.25) is 9.80 Å². The molecule has 8 heteroatoms. The number of rotatable bonds is 8. The zero-order valence-corrected chi connectivity index (χ0v) is 18.9. The van der Waals surface area contributed by atoms with Gasteiger partial charge in [-0.15, -0.1) is 0 Å². The van der Waals surface area contributed by atoms with E-state index in [2.05, 4.69) is 26.5 Å². The Morgan fingerprint density at radius 3 is 2.32 bits per heavy atom. The number of carbonyl (C=O) groups is 1. The normalized spacial score (nSPS) is 21.9. The number of hydrogen-bond donors (Lipinski definition) is 2. The molecular formula is C23H35N5O3. The Labute approximate surface area is 185 Å². The van der Waals surface area contributed by atoms with Crippen LogP contribution in [0.3, 0.4) is 0 Å². The number of fused-ring (bicyclic) bond motifs is 2. The number of carbonyl (C=O) groups excluding carboxylic acids is 1.